The summed E-state index contributed by atoms with van der Waals surface area (Å²) >= 11 is 0. The molecular weight excluding hydrogens is 292 g/mol. The number of nitrogen functional groups attached to an aromatic ring is 1. The van der Waals surface area contributed by atoms with E-state index < -0.39 is 0 Å². The molecule has 0 aromatic heterocycles. The number of nitrogens with two attached hydrogens (primary N) is 1. The molecule has 0 saturated carbocycles. The molecule has 1 aliphatic heterocycles. The van der Waals surface area contributed by atoms with Crippen LogP contribution < -0.4 is 10.6 Å². The van der Waals surface area contributed by atoms with Crippen molar-refractivity contribution >= 4 is 17.3 Å². The summed E-state index contributed by atoms with van der Waals surface area (Å²) in [6.45, 7) is 3.81. The molecule has 2 unspecified atom stereocenters. The highest BCUT2D eigenvalue weighted by Crippen LogP contribution is 2.34. The first-order chi connectivity index (χ1) is 11.1. The Morgan fingerprint density at radius 1 is 1.43 bits per heavy atom. The Balaban J connectivity index is 2.18. The molecule has 0 amide bonds. The predicted molar refractivity (Wildman–Crippen MR) is 92.8 cm³/mol. The van der Waals surface area contributed by atoms with Crippen LogP contribution in [0.4, 0.5) is 11.4 Å². The minimum absolute atomic E-state index is 0.146. The maximum atomic E-state index is 11.6. The van der Waals surface area contributed by atoms with Gasteiger partial charge in [0.15, 0.2) is 0 Å². The van der Waals surface area contributed by atoms with Crippen LogP contribution in [-0.2, 0) is 14.3 Å². The van der Waals surface area contributed by atoms with Crippen LogP contribution in [0.5, 0.6) is 0 Å². The minimum atomic E-state index is -0.181. The van der Waals surface area contributed by atoms with Crippen LogP contribution in [0, 0.1) is 0 Å². The lowest BCUT2D eigenvalue weighted by molar-refractivity contribution is -0.141. The van der Waals surface area contributed by atoms with Crippen LogP contribution in [0.2, 0.25) is 0 Å². The zero-order valence-electron chi connectivity index (χ0n) is 14.4. The van der Waals surface area contributed by atoms with Gasteiger partial charge in [-0.25, -0.2) is 0 Å². The maximum Gasteiger partial charge on any atom is 0.306 e. The van der Waals surface area contributed by atoms with Crippen molar-refractivity contribution in [2.75, 3.05) is 38.0 Å². The fourth-order valence-electron chi connectivity index (χ4n) is 3.39. The third-order valence-corrected chi connectivity index (χ3v) is 4.70. The molecule has 5 nitrogen and oxygen atoms in total. The third-order valence-electron chi connectivity index (χ3n) is 4.70. The first-order valence-corrected chi connectivity index (χ1v) is 8.32. The summed E-state index contributed by atoms with van der Waals surface area (Å²) in [6.07, 6.45) is 3.57. The second-order valence-electron chi connectivity index (χ2n) is 6.15. The van der Waals surface area contributed by atoms with Crippen molar-refractivity contribution in [3.05, 3.63) is 23.8 Å². The molecule has 1 aromatic rings. The number of carbonyl (C=O) groups excluding carboxylic acids is 1. The molecule has 1 heterocycles. The minimum Gasteiger partial charge on any atom is -0.469 e. The Kier molecular flexibility index (Phi) is 6.28. The molecular formula is C18H28N2O3. The second kappa shape index (κ2) is 8.20. The van der Waals surface area contributed by atoms with Gasteiger partial charge in [-0.1, -0.05) is 13.0 Å². The van der Waals surface area contributed by atoms with E-state index in [1.807, 2.05) is 6.07 Å². The number of esters is 1. The van der Waals surface area contributed by atoms with E-state index in [0.29, 0.717) is 12.5 Å². The summed E-state index contributed by atoms with van der Waals surface area (Å²) in [5.41, 5.74) is 9.26. The zero-order valence-corrected chi connectivity index (χ0v) is 14.4. The van der Waals surface area contributed by atoms with Gasteiger partial charge in [-0.2, -0.15) is 0 Å². The van der Waals surface area contributed by atoms with Crippen LogP contribution >= 0.6 is 0 Å². The number of rotatable bonds is 7. The highest BCUT2D eigenvalue weighted by atomic mass is 16.5. The summed E-state index contributed by atoms with van der Waals surface area (Å²) in [5.74, 6) is -0.0358. The lowest BCUT2D eigenvalue weighted by Crippen LogP contribution is -2.33. The van der Waals surface area contributed by atoms with Crippen molar-refractivity contribution in [2.45, 2.75) is 44.6 Å². The van der Waals surface area contributed by atoms with Gasteiger partial charge in [-0.05, 0) is 42.9 Å². The number of anilines is 2. The smallest absolute Gasteiger partial charge is 0.306 e. The van der Waals surface area contributed by atoms with Crippen molar-refractivity contribution in [1.82, 2.24) is 0 Å². The molecule has 128 valence electrons. The molecule has 0 spiro atoms. The fraction of sp³-hybridized carbons (Fsp3) is 0.611. The van der Waals surface area contributed by atoms with Gasteiger partial charge < -0.3 is 20.1 Å². The Labute approximate surface area is 138 Å². The quantitative estimate of drug-likeness (QED) is 0.618. The maximum absolute atomic E-state index is 11.6. The predicted octanol–water partition coefficient (Wildman–Crippen LogP) is 2.94. The third kappa shape index (κ3) is 4.16. The molecule has 1 aliphatic rings. The summed E-state index contributed by atoms with van der Waals surface area (Å²) in [7, 11) is 3.16. The molecule has 0 radical (unpaired) electrons. The number of nitrogens with zero attached hydrogens (tertiary/aromatic N) is 1. The SMILES string of the molecule is CCC(CC(=O)OC)c1ccc(N2CCCC2COC)c(N)c1. The summed E-state index contributed by atoms with van der Waals surface area (Å²) in [4.78, 5) is 13.9. The molecule has 1 aromatic carbocycles. The van der Waals surface area contributed by atoms with Crippen molar-refractivity contribution in [1.29, 1.82) is 0 Å². The molecule has 0 bridgehead atoms. The van der Waals surface area contributed by atoms with E-state index in [9.17, 15) is 4.79 Å². The molecule has 23 heavy (non-hydrogen) atoms. The van der Waals surface area contributed by atoms with Gasteiger partial charge in [0.25, 0.3) is 0 Å². The van der Waals surface area contributed by atoms with Gasteiger partial charge in [0.05, 0.1) is 37.6 Å². The summed E-state index contributed by atoms with van der Waals surface area (Å²) in [5, 5.41) is 0. The van der Waals surface area contributed by atoms with Crippen molar-refractivity contribution in [3.8, 4) is 0 Å². The Hall–Kier alpha value is -1.75. The van der Waals surface area contributed by atoms with Crippen LogP contribution in [0.25, 0.3) is 0 Å². The van der Waals surface area contributed by atoms with E-state index in [1.54, 1.807) is 7.11 Å². The van der Waals surface area contributed by atoms with Gasteiger partial charge in [0, 0.05) is 13.7 Å². The van der Waals surface area contributed by atoms with Gasteiger partial charge in [-0.3, -0.25) is 4.79 Å². The van der Waals surface area contributed by atoms with Gasteiger partial charge >= 0.3 is 5.97 Å². The lowest BCUT2D eigenvalue weighted by atomic mass is 9.92. The van der Waals surface area contributed by atoms with Crippen LogP contribution in [0.3, 0.4) is 0 Å². The zero-order chi connectivity index (χ0) is 16.8. The Morgan fingerprint density at radius 2 is 2.22 bits per heavy atom. The topological polar surface area (TPSA) is 64.8 Å². The normalized spacial score (nSPS) is 18.9. The number of benzene rings is 1. The molecule has 2 atom stereocenters. The van der Waals surface area contributed by atoms with E-state index in [0.717, 1.165) is 49.4 Å². The molecule has 5 heteroatoms. The average molecular weight is 320 g/mol. The first-order valence-electron chi connectivity index (χ1n) is 8.32. The Bertz CT molecular complexity index is 533. The first kappa shape index (κ1) is 17.6. The Morgan fingerprint density at radius 3 is 2.83 bits per heavy atom. The van der Waals surface area contributed by atoms with Gasteiger partial charge in [-0.15, -0.1) is 0 Å². The van der Waals surface area contributed by atoms with Gasteiger partial charge in [0.1, 0.15) is 0 Å². The highest BCUT2D eigenvalue weighted by molar-refractivity contribution is 5.72. The van der Waals surface area contributed by atoms with Crippen LogP contribution in [0.15, 0.2) is 18.2 Å². The molecule has 2 N–H and O–H groups in total. The van der Waals surface area contributed by atoms with E-state index in [4.69, 9.17) is 15.2 Å². The standard InChI is InChI=1S/C18H28N2O3/c1-4-13(11-18(21)23-3)14-7-8-17(16(19)10-14)20-9-5-6-15(20)12-22-2/h7-8,10,13,15H,4-6,9,11-12,19H2,1-3H3. The van der Waals surface area contributed by atoms with Gasteiger partial charge in [0.2, 0.25) is 0 Å². The average Bonchev–Trinajstić information content (AvgIpc) is 3.00. The number of carbonyl (C=O) groups is 1. The monoisotopic (exact) mass is 320 g/mol. The largest absolute Gasteiger partial charge is 0.469 e. The van der Waals surface area contributed by atoms with Crippen molar-refractivity contribution in [3.63, 3.8) is 0 Å². The lowest BCUT2D eigenvalue weighted by Gasteiger charge is -2.28. The second-order valence-corrected chi connectivity index (χ2v) is 6.15. The van der Waals surface area contributed by atoms with E-state index in [-0.39, 0.29) is 11.9 Å². The van der Waals surface area contributed by atoms with Crippen LogP contribution in [0.1, 0.15) is 44.1 Å². The fourth-order valence-corrected chi connectivity index (χ4v) is 3.39. The molecule has 1 fully saturated rings. The summed E-state index contributed by atoms with van der Waals surface area (Å²) in [6, 6.07) is 6.57. The number of ether oxygens (including phenoxy) is 2. The molecule has 2 rings (SSSR count). The molecule has 0 aliphatic carbocycles. The van der Waals surface area contributed by atoms with E-state index in [1.165, 1.54) is 7.11 Å². The van der Waals surface area contributed by atoms with Crippen LogP contribution in [-0.4, -0.2) is 39.4 Å². The van der Waals surface area contributed by atoms with E-state index >= 15 is 0 Å². The highest BCUT2D eigenvalue weighted by Gasteiger charge is 2.26. The van der Waals surface area contributed by atoms with Crippen molar-refractivity contribution < 1.29 is 14.3 Å². The number of methoxy groups -OCH3 is 2. The van der Waals surface area contributed by atoms with E-state index in [2.05, 4.69) is 24.0 Å². The molecule has 1 saturated heterocycles. The number of hydrogen-bond donors (Lipinski definition) is 1. The van der Waals surface area contributed by atoms with Crippen molar-refractivity contribution in [2.24, 2.45) is 0 Å². The summed E-state index contributed by atoms with van der Waals surface area (Å²) < 4.78 is 10.1. The number of hydrogen-bond acceptors (Lipinski definition) is 5.